The zero-order valence-electron chi connectivity index (χ0n) is 12.6. The summed E-state index contributed by atoms with van der Waals surface area (Å²) in [6.45, 7) is 0. The molecule has 0 aliphatic heterocycles. The molecular formula is C18H10Cl2FN3S. The van der Waals surface area contributed by atoms with Crippen molar-refractivity contribution in [3.05, 3.63) is 75.5 Å². The Balaban J connectivity index is 1.94. The van der Waals surface area contributed by atoms with Crippen molar-refractivity contribution in [2.24, 2.45) is 0 Å². The standard InChI is InChI=1S/C18H10Cl2FN3S/c19-14-6-3-11(7-15(14)20)16-9-24-17(23-16)13(8-22-18(24)25)10-1-4-12(21)5-2-10/h1-9,23H. The van der Waals surface area contributed by atoms with E-state index in [4.69, 9.17) is 35.4 Å². The minimum atomic E-state index is -0.288. The summed E-state index contributed by atoms with van der Waals surface area (Å²) in [5.41, 5.74) is 4.12. The van der Waals surface area contributed by atoms with Crippen LogP contribution in [0.4, 0.5) is 4.39 Å². The van der Waals surface area contributed by atoms with E-state index in [-0.39, 0.29) is 5.82 Å². The molecule has 0 bridgehead atoms. The molecule has 1 N–H and O–H groups in total. The lowest BCUT2D eigenvalue weighted by Gasteiger charge is -2.04. The van der Waals surface area contributed by atoms with Gasteiger partial charge in [-0.15, -0.1) is 0 Å². The highest BCUT2D eigenvalue weighted by atomic mass is 35.5. The molecule has 0 spiro atoms. The summed E-state index contributed by atoms with van der Waals surface area (Å²) in [5.74, 6) is -0.288. The quantitative estimate of drug-likeness (QED) is 0.415. The summed E-state index contributed by atoms with van der Waals surface area (Å²) in [7, 11) is 0. The first-order valence-corrected chi connectivity index (χ1v) is 8.51. The first-order valence-electron chi connectivity index (χ1n) is 7.35. The number of aromatic amines is 1. The summed E-state index contributed by atoms with van der Waals surface area (Å²) >= 11 is 17.4. The summed E-state index contributed by atoms with van der Waals surface area (Å²) < 4.78 is 15.4. The maximum atomic E-state index is 13.2. The van der Waals surface area contributed by atoms with Crippen LogP contribution in [0, 0.1) is 10.6 Å². The molecule has 0 amide bonds. The highest BCUT2D eigenvalue weighted by Gasteiger charge is 2.11. The molecule has 3 nitrogen and oxygen atoms in total. The molecule has 0 saturated heterocycles. The molecule has 4 rings (SSSR count). The molecule has 0 radical (unpaired) electrons. The van der Waals surface area contributed by atoms with Gasteiger partial charge in [-0.2, -0.15) is 0 Å². The average molecular weight is 390 g/mol. The van der Waals surface area contributed by atoms with Crippen molar-refractivity contribution in [1.82, 2.24) is 14.4 Å². The SMILES string of the molecule is Fc1ccc(-c2cnc(=S)n3cc(-c4ccc(Cl)c(Cl)c4)[nH]c23)cc1. The van der Waals surface area contributed by atoms with Crippen LogP contribution in [-0.2, 0) is 0 Å². The maximum absolute atomic E-state index is 13.2. The number of aromatic nitrogens is 3. The van der Waals surface area contributed by atoms with Gasteiger partial charge in [0.2, 0.25) is 4.77 Å². The first kappa shape index (κ1) is 16.3. The lowest BCUT2D eigenvalue weighted by atomic mass is 10.1. The van der Waals surface area contributed by atoms with Gasteiger partial charge in [0.1, 0.15) is 11.5 Å². The van der Waals surface area contributed by atoms with Crippen molar-refractivity contribution in [3.63, 3.8) is 0 Å². The van der Waals surface area contributed by atoms with Crippen molar-refractivity contribution in [3.8, 4) is 22.4 Å². The van der Waals surface area contributed by atoms with Crippen LogP contribution >= 0.6 is 35.4 Å². The van der Waals surface area contributed by atoms with Crippen molar-refractivity contribution in [2.75, 3.05) is 0 Å². The number of hydrogen-bond donors (Lipinski definition) is 1. The van der Waals surface area contributed by atoms with Crippen molar-refractivity contribution in [2.45, 2.75) is 0 Å². The molecule has 2 aromatic carbocycles. The van der Waals surface area contributed by atoms with Gasteiger partial charge in [0.25, 0.3) is 0 Å². The minimum Gasteiger partial charge on any atom is -0.339 e. The third-order valence-electron chi connectivity index (χ3n) is 3.90. The molecule has 0 fully saturated rings. The van der Waals surface area contributed by atoms with E-state index in [1.165, 1.54) is 12.1 Å². The molecule has 0 unspecified atom stereocenters. The first-order chi connectivity index (χ1) is 12.0. The monoisotopic (exact) mass is 389 g/mol. The van der Waals surface area contributed by atoms with Gasteiger partial charge in [0.05, 0.1) is 15.7 Å². The van der Waals surface area contributed by atoms with E-state index in [0.29, 0.717) is 14.8 Å². The number of nitrogens with zero attached hydrogens (tertiary/aromatic N) is 2. The van der Waals surface area contributed by atoms with Gasteiger partial charge in [0.15, 0.2) is 0 Å². The number of fused-ring (bicyclic) bond motifs is 1. The third kappa shape index (κ3) is 2.95. The summed E-state index contributed by atoms with van der Waals surface area (Å²) in [5, 5.41) is 0.963. The predicted octanol–water partition coefficient (Wildman–Crippen LogP) is 6.17. The lowest BCUT2D eigenvalue weighted by Crippen LogP contribution is -1.92. The number of rotatable bonds is 2. The Morgan fingerprint density at radius 2 is 1.72 bits per heavy atom. The second-order valence-corrected chi connectivity index (χ2v) is 6.66. The summed E-state index contributed by atoms with van der Waals surface area (Å²) in [4.78, 5) is 7.60. The lowest BCUT2D eigenvalue weighted by molar-refractivity contribution is 0.628. The van der Waals surface area contributed by atoms with Crippen molar-refractivity contribution in [1.29, 1.82) is 0 Å². The molecule has 0 saturated carbocycles. The zero-order chi connectivity index (χ0) is 17.6. The minimum absolute atomic E-state index is 0.288. The molecule has 2 heterocycles. The largest absolute Gasteiger partial charge is 0.339 e. The fourth-order valence-corrected chi connectivity index (χ4v) is 3.15. The zero-order valence-corrected chi connectivity index (χ0v) is 15.0. The van der Waals surface area contributed by atoms with Gasteiger partial charge < -0.3 is 4.98 Å². The Morgan fingerprint density at radius 1 is 1.00 bits per heavy atom. The topological polar surface area (TPSA) is 33.1 Å². The van der Waals surface area contributed by atoms with Gasteiger partial charge in [-0.1, -0.05) is 41.4 Å². The third-order valence-corrected chi connectivity index (χ3v) is 4.94. The Hall–Kier alpha value is -2.21. The molecule has 0 aliphatic carbocycles. The number of H-pyrrole nitrogens is 1. The predicted molar refractivity (Wildman–Crippen MR) is 101 cm³/mol. The van der Waals surface area contributed by atoms with Crippen LogP contribution in [0.2, 0.25) is 10.0 Å². The van der Waals surface area contributed by atoms with E-state index in [1.54, 1.807) is 34.9 Å². The molecule has 7 heteroatoms. The van der Waals surface area contributed by atoms with Gasteiger partial charge in [-0.3, -0.25) is 4.40 Å². The van der Waals surface area contributed by atoms with Crippen LogP contribution in [0.3, 0.4) is 0 Å². The normalized spacial score (nSPS) is 11.2. The summed E-state index contributed by atoms with van der Waals surface area (Å²) in [6.07, 6.45) is 3.54. The van der Waals surface area contributed by atoms with Crippen molar-refractivity contribution >= 4 is 41.1 Å². The fourth-order valence-electron chi connectivity index (χ4n) is 2.66. The van der Waals surface area contributed by atoms with E-state index in [1.807, 2.05) is 12.3 Å². The highest BCUT2D eigenvalue weighted by Crippen LogP contribution is 2.30. The molecule has 0 atom stereocenters. The van der Waals surface area contributed by atoms with Gasteiger partial charge >= 0.3 is 0 Å². The van der Waals surface area contributed by atoms with Gasteiger partial charge in [-0.05, 0) is 42.0 Å². The molecule has 4 aromatic rings. The fraction of sp³-hybridized carbons (Fsp3) is 0. The van der Waals surface area contributed by atoms with E-state index < -0.39 is 0 Å². The molecule has 0 aliphatic rings. The summed E-state index contributed by atoms with van der Waals surface area (Å²) in [6, 6.07) is 11.6. The Morgan fingerprint density at radius 3 is 2.44 bits per heavy atom. The molecule has 124 valence electrons. The average Bonchev–Trinajstić information content (AvgIpc) is 3.05. The van der Waals surface area contributed by atoms with Crippen LogP contribution in [0.15, 0.2) is 54.9 Å². The molecule has 2 aromatic heterocycles. The Bertz CT molecular complexity index is 1150. The van der Waals surface area contributed by atoms with E-state index in [0.717, 1.165) is 28.0 Å². The van der Waals surface area contributed by atoms with Crippen LogP contribution in [-0.4, -0.2) is 14.4 Å². The van der Waals surface area contributed by atoms with Crippen LogP contribution in [0.5, 0.6) is 0 Å². The van der Waals surface area contributed by atoms with E-state index in [9.17, 15) is 4.39 Å². The van der Waals surface area contributed by atoms with Crippen LogP contribution in [0.1, 0.15) is 0 Å². The number of nitrogens with one attached hydrogen (secondary N) is 1. The highest BCUT2D eigenvalue weighted by molar-refractivity contribution is 7.71. The smallest absolute Gasteiger partial charge is 0.205 e. The van der Waals surface area contributed by atoms with Crippen molar-refractivity contribution < 1.29 is 4.39 Å². The Labute approximate surface area is 157 Å². The Kier molecular flexibility index (Phi) is 4.07. The maximum Gasteiger partial charge on any atom is 0.205 e. The van der Waals surface area contributed by atoms with E-state index >= 15 is 0 Å². The second kappa shape index (κ2) is 6.26. The number of imidazole rings is 1. The van der Waals surface area contributed by atoms with Gasteiger partial charge in [-0.25, -0.2) is 9.37 Å². The number of halogens is 3. The van der Waals surface area contributed by atoms with E-state index in [2.05, 4.69) is 9.97 Å². The molecule has 25 heavy (non-hydrogen) atoms. The molecular weight excluding hydrogens is 380 g/mol. The second-order valence-electron chi connectivity index (χ2n) is 5.48. The van der Waals surface area contributed by atoms with Gasteiger partial charge in [0, 0.05) is 23.5 Å². The number of hydrogen-bond acceptors (Lipinski definition) is 2. The number of benzene rings is 2. The van der Waals surface area contributed by atoms with Crippen LogP contribution < -0.4 is 0 Å². The van der Waals surface area contributed by atoms with Crippen LogP contribution in [0.25, 0.3) is 28.0 Å².